The van der Waals surface area contributed by atoms with E-state index in [9.17, 15) is 4.79 Å². The Morgan fingerprint density at radius 2 is 1.84 bits per heavy atom. The summed E-state index contributed by atoms with van der Waals surface area (Å²) in [5.41, 5.74) is 1.88. The molecule has 6 nitrogen and oxygen atoms in total. The van der Waals surface area contributed by atoms with Crippen LogP contribution in [0.25, 0.3) is 0 Å². The number of carbonyl (C=O) groups excluding carboxylic acids is 1. The van der Waals surface area contributed by atoms with Gasteiger partial charge in [-0.15, -0.1) is 0 Å². The number of hydrogen-bond donors (Lipinski definition) is 2. The van der Waals surface area contributed by atoms with Gasteiger partial charge in [0, 0.05) is 26.2 Å². The fourth-order valence-electron chi connectivity index (χ4n) is 3.26. The van der Waals surface area contributed by atoms with Crippen LogP contribution in [-0.4, -0.2) is 62.4 Å². The van der Waals surface area contributed by atoms with Gasteiger partial charge in [0.1, 0.15) is 0 Å². The van der Waals surface area contributed by atoms with E-state index < -0.39 is 0 Å². The van der Waals surface area contributed by atoms with Gasteiger partial charge in [0.2, 0.25) is 0 Å². The molecule has 1 fully saturated rings. The molecule has 0 aliphatic carbocycles. The number of ether oxygens (including phenoxy) is 1. The number of likely N-dealkylation sites (N-methyl/N-ethyl adjacent to an activating group) is 1. The molecule has 0 aromatic heterocycles. The molecule has 0 saturated carbocycles. The maximum atomic E-state index is 12.3. The standard InChI is InChI=1S/C19H32N4O2/c1-5-22(6-2)12-11-20-19(24)21-17-9-7-8-10-18(17)23-13-15(3)25-16(4)14-23/h7-10,15-16H,5-6,11-14H2,1-4H3,(H2,20,21,24). The van der Waals surface area contributed by atoms with Crippen LogP contribution in [-0.2, 0) is 4.74 Å². The first-order valence-electron chi connectivity index (χ1n) is 9.30. The number of morpholine rings is 1. The minimum atomic E-state index is -0.158. The van der Waals surface area contributed by atoms with Crippen molar-refractivity contribution in [2.24, 2.45) is 0 Å². The lowest BCUT2D eigenvalue weighted by molar-refractivity contribution is -0.00517. The first-order valence-corrected chi connectivity index (χ1v) is 9.30. The van der Waals surface area contributed by atoms with Crippen molar-refractivity contribution in [1.29, 1.82) is 0 Å². The number of nitrogens with one attached hydrogen (secondary N) is 2. The molecule has 2 amide bonds. The third kappa shape index (κ3) is 5.90. The molecule has 2 N–H and O–H groups in total. The van der Waals surface area contributed by atoms with Gasteiger partial charge in [-0.05, 0) is 39.1 Å². The van der Waals surface area contributed by atoms with E-state index in [1.165, 1.54) is 0 Å². The fraction of sp³-hybridized carbons (Fsp3) is 0.632. The number of rotatable bonds is 7. The lowest BCUT2D eigenvalue weighted by Crippen LogP contribution is -2.46. The fourth-order valence-corrected chi connectivity index (χ4v) is 3.26. The zero-order chi connectivity index (χ0) is 18.2. The highest BCUT2D eigenvalue weighted by molar-refractivity contribution is 5.93. The Morgan fingerprint density at radius 1 is 1.20 bits per heavy atom. The van der Waals surface area contributed by atoms with Gasteiger partial charge in [-0.1, -0.05) is 26.0 Å². The Bertz CT molecular complexity index is 538. The maximum absolute atomic E-state index is 12.3. The second-order valence-electron chi connectivity index (χ2n) is 6.59. The van der Waals surface area contributed by atoms with Crippen LogP contribution in [0.2, 0.25) is 0 Å². The van der Waals surface area contributed by atoms with E-state index in [0.717, 1.165) is 44.1 Å². The molecule has 0 spiro atoms. The molecule has 1 saturated heterocycles. The summed E-state index contributed by atoms with van der Waals surface area (Å²) in [6, 6.07) is 7.79. The first kappa shape index (κ1) is 19.5. The molecule has 1 aromatic carbocycles. The first-order chi connectivity index (χ1) is 12.0. The number of urea groups is 1. The van der Waals surface area contributed by atoms with Gasteiger partial charge in [-0.3, -0.25) is 0 Å². The van der Waals surface area contributed by atoms with E-state index >= 15 is 0 Å². The molecule has 0 bridgehead atoms. The Labute approximate surface area is 151 Å². The van der Waals surface area contributed by atoms with Crippen molar-refractivity contribution >= 4 is 17.4 Å². The molecule has 2 rings (SSSR count). The summed E-state index contributed by atoms with van der Waals surface area (Å²) in [7, 11) is 0. The molecule has 1 aromatic rings. The summed E-state index contributed by atoms with van der Waals surface area (Å²) in [6.45, 7) is 13.6. The highest BCUT2D eigenvalue weighted by atomic mass is 16.5. The molecule has 1 aliphatic rings. The predicted molar refractivity (Wildman–Crippen MR) is 103 cm³/mol. The lowest BCUT2D eigenvalue weighted by atomic mass is 10.1. The zero-order valence-electron chi connectivity index (χ0n) is 15.9. The number of carbonyl (C=O) groups is 1. The summed E-state index contributed by atoms with van der Waals surface area (Å²) in [4.78, 5) is 16.8. The summed E-state index contributed by atoms with van der Waals surface area (Å²) in [6.07, 6.45) is 0.361. The van der Waals surface area contributed by atoms with Crippen LogP contribution in [0.15, 0.2) is 24.3 Å². The van der Waals surface area contributed by atoms with Crippen molar-refractivity contribution < 1.29 is 9.53 Å². The summed E-state index contributed by atoms with van der Waals surface area (Å²) < 4.78 is 5.81. The van der Waals surface area contributed by atoms with Crippen LogP contribution in [0.5, 0.6) is 0 Å². The number of nitrogens with zero attached hydrogens (tertiary/aromatic N) is 2. The second kappa shape index (κ2) is 9.63. The maximum Gasteiger partial charge on any atom is 0.319 e. The normalized spacial score (nSPS) is 20.6. The van der Waals surface area contributed by atoms with E-state index in [1.807, 2.05) is 18.2 Å². The van der Waals surface area contributed by atoms with Gasteiger partial charge in [0.05, 0.1) is 23.6 Å². The van der Waals surface area contributed by atoms with Gasteiger partial charge < -0.3 is 25.2 Å². The molecule has 0 radical (unpaired) electrons. The molecule has 2 atom stereocenters. The van der Waals surface area contributed by atoms with E-state index in [1.54, 1.807) is 0 Å². The third-order valence-electron chi connectivity index (χ3n) is 4.52. The molecule has 6 heteroatoms. The van der Waals surface area contributed by atoms with Gasteiger partial charge in [-0.2, -0.15) is 0 Å². The van der Waals surface area contributed by atoms with E-state index in [-0.39, 0.29) is 18.2 Å². The number of amides is 2. The van der Waals surface area contributed by atoms with E-state index in [2.05, 4.69) is 54.2 Å². The van der Waals surface area contributed by atoms with Crippen molar-refractivity contribution in [3.63, 3.8) is 0 Å². The van der Waals surface area contributed by atoms with E-state index in [0.29, 0.717) is 6.54 Å². The topological polar surface area (TPSA) is 56.8 Å². The lowest BCUT2D eigenvalue weighted by Gasteiger charge is -2.37. The highest BCUT2D eigenvalue weighted by Crippen LogP contribution is 2.28. The second-order valence-corrected chi connectivity index (χ2v) is 6.59. The molecule has 1 aliphatic heterocycles. The van der Waals surface area contributed by atoms with Gasteiger partial charge in [0.25, 0.3) is 0 Å². The summed E-state index contributed by atoms with van der Waals surface area (Å²) in [5.74, 6) is 0. The monoisotopic (exact) mass is 348 g/mol. The van der Waals surface area contributed by atoms with E-state index in [4.69, 9.17) is 4.74 Å². The third-order valence-corrected chi connectivity index (χ3v) is 4.52. The Hall–Kier alpha value is -1.79. The quantitative estimate of drug-likeness (QED) is 0.795. The van der Waals surface area contributed by atoms with Gasteiger partial charge in [-0.25, -0.2) is 4.79 Å². The van der Waals surface area contributed by atoms with Crippen LogP contribution >= 0.6 is 0 Å². The molecule has 2 unspecified atom stereocenters. The smallest absolute Gasteiger partial charge is 0.319 e. The number of anilines is 2. The molecular weight excluding hydrogens is 316 g/mol. The molecule has 25 heavy (non-hydrogen) atoms. The molecule has 140 valence electrons. The van der Waals surface area contributed by atoms with Crippen LogP contribution in [0.4, 0.5) is 16.2 Å². The van der Waals surface area contributed by atoms with Crippen molar-refractivity contribution in [3.8, 4) is 0 Å². The van der Waals surface area contributed by atoms with Crippen LogP contribution in [0, 0.1) is 0 Å². The van der Waals surface area contributed by atoms with Crippen molar-refractivity contribution in [2.45, 2.75) is 39.9 Å². The van der Waals surface area contributed by atoms with Crippen molar-refractivity contribution in [3.05, 3.63) is 24.3 Å². The Kier molecular flexibility index (Phi) is 7.52. The average molecular weight is 348 g/mol. The van der Waals surface area contributed by atoms with Gasteiger partial charge in [0.15, 0.2) is 0 Å². The average Bonchev–Trinajstić information content (AvgIpc) is 2.58. The Morgan fingerprint density at radius 3 is 2.48 bits per heavy atom. The van der Waals surface area contributed by atoms with Crippen LogP contribution in [0.1, 0.15) is 27.7 Å². The number of para-hydroxylation sites is 2. The minimum Gasteiger partial charge on any atom is -0.372 e. The number of hydrogen-bond acceptors (Lipinski definition) is 4. The molecular formula is C19H32N4O2. The molecule has 1 heterocycles. The SMILES string of the molecule is CCN(CC)CCNC(=O)Nc1ccccc1N1CC(C)OC(C)C1. The number of benzene rings is 1. The van der Waals surface area contributed by atoms with Crippen LogP contribution < -0.4 is 15.5 Å². The van der Waals surface area contributed by atoms with Crippen molar-refractivity contribution in [2.75, 3.05) is 49.5 Å². The summed E-state index contributed by atoms with van der Waals surface area (Å²) >= 11 is 0. The predicted octanol–water partition coefficient (Wildman–Crippen LogP) is 2.76. The Balaban J connectivity index is 1.94. The largest absolute Gasteiger partial charge is 0.372 e. The van der Waals surface area contributed by atoms with Crippen LogP contribution in [0.3, 0.4) is 0 Å². The van der Waals surface area contributed by atoms with Crippen molar-refractivity contribution in [1.82, 2.24) is 10.2 Å². The summed E-state index contributed by atoms with van der Waals surface area (Å²) in [5, 5.41) is 5.94. The minimum absolute atomic E-state index is 0.158. The zero-order valence-corrected chi connectivity index (χ0v) is 15.9. The van der Waals surface area contributed by atoms with Gasteiger partial charge >= 0.3 is 6.03 Å². The highest BCUT2D eigenvalue weighted by Gasteiger charge is 2.24.